The summed E-state index contributed by atoms with van der Waals surface area (Å²) < 4.78 is 74.5. The van der Waals surface area contributed by atoms with Gasteiger partial charge in [-0.3, -0.25) is 0 Å². The number of halogens is 4. The van der Waals surface area contributed by atoms with E-state index in [1.807, 2.05) is 0 Å². The first-order valence-electron chi connectivity index (χ1n) is 3.68. The highest BCUT2D eigenvalue weighted by molar-refractivity contribution is 7.89. The molecule has 0 aliphatic carbocycles. The number of alkyl halides is 2. The fourth-order valence-corrected chi connectivity index (χ4v) is 1.58. The standard InChI is InChI=1S/C7H5F4NO3S/c8-3-1-5(15-7(10)11)6(2-4(3)9)16(12,13)14/h1-2,7H,(H2,12,13,14). The Kier molecular flexibility index (Phi) is 3.38. The van der Waals surface area contributed by atoms with E-state index < -0.39 is 38.9 Å². The molecule has 0 amide bonds. The van der Waals surface area contributed by atoms with Crippen molar-refractivity contribution in [1.29, 1.82) is 0 Å². The minimum atomic E-state index is -4.48. The van der Waals surface area contributed by atoms with Gasteiger partial charge in [0.25, 0.3) is 0 Å². The van der Waals surface area contributed by atoms with E-state index in [2.05, 4.69) is 9.88 Å². The summed E-state index contributed by atoms with van der Waals surface area (Å²) in [6.07, 6.45) is 0. The van der Waals surface area contributed by atoms with E-state index >= 15 is 0 Å². The predicted octanol–water partition coefficient (Wildman–Crippen LogP) is 1.21. The van der Waals surface area contributed by atoms with Gasteiger partial charge in [0.15, 0.2) is 11.6 Å². The first-order chi connectivity index (χ1) is 7.21. The molecule has 16 heavy (non-hydrogen) atoms. The second kappa shape index (κ2) is 4.26. The van der Waals surface area contributed by atoms with Crippen LogP contribution in [0.15, 0.2) is 17.0 Å². The topological polar surface area (TPSA) is 69.4 Å². The maximum Gasteiger partial charge on any atom is 0.387 e. The molecule has 0 spiro atoms. The van der Waals surface area contributed by atoms with Crippen molar-refractivity contribution in [2.45, 2.75) is 11.5 Å². The van der Waals surface area contributed by atoms with E-state index in [1.54, 1.807) is 0 Å². The van der Waals surface area contributed by atoms with Gasteiger partial charge in [0.05, 0.1) is 0 Å². The number of ether oxygens (including phenoxy) is 1. The van der Waals surface area contributed by atoms with Gasteiger partial charge in [-0.05, 0) is 0 Å². The summed E-state index contributed by atoms with van der Waals surface area (Å²) >= 11 is 0. The van der Waals surface area contributed by atoms with Gasteiger partial charge in [0.1, 0.15) is 10.6 Å². The average Bonchev–Trinajstić information content (AvgIpc) is 2.08. The summed E-state index contributed by atoms with van der Waals surface area (Å²) in [7, 11) is -4.48. The molecule has 0 unspecified atom stereocenters. The van der Waals surface area contributed by atoms with Crippen molar-refractivity contribution in [3.63, 3.8) is 0 Å². The van der Waals surface area contributed by atoms with E-state index in [0.29, 0.717) is 0 Å². The molecule has 4 nitrogen and oxygen atoms in total. The van der Waals surface area contributed by atoms with Crippen molar-refractivity contribution in [2.75, 3.05) is 0 Å². The summed E-state index contributed by atoms with van der Waals surface area (Å²) in [6.45, 7) is -3.38. The van der Waals surface area contributed by atoms with E-state index in [4.69, 9.17) is 0 Å². The van der Waals surface area contributed by atoms with Crippen LogP contribution in [0.1, 0.15) is 0 Å². The zero-order valence-electron chi connectivity index (χ0n) is 7.45. The minimum absolute atomic E-state index is 0.169. The Hall–Kier alpha value is -1.35. The Morgan fingerprint density at radius 1 is 1.19 bits per heavy atom. The van der Waals surface area contributed by atoms with Crippen molar-refractivity contribution in [1.82, 2.24) is 0 Å². The molecular weight excluding hydrogens is 254 g/mol. The lowest BCUT2D eigenvalue weighted by Crippen LogP contribution is -2.16. The van der Waals surface area contributed by atoms with Crippen LogP contribution in [-0.4, -0.2) is 15.0 Å². The van der Waals surface area contributed by atoms with Gasteiger partial charge in [0, 0.05) is 12.1 Å². The lowest BCUT2D eigenvalue weighted by Gasteiger charge is -2.09. The smallest absolute Gasteiger partial charge is 0.387 e. The molecule has 0 atom stereocenters. The van der Waals surface area contributed by atoms with Gasteiger partial charge >= 0.3 is 6.61 Å². The largest absolute Gasteiger partial charge is 0.433 e. The van der Waals surface area contributed by atoms with Gasteiger partial charge in [-0.2, -0.15) is 8.78 Å². The maximum atomic E-state index is 12.7. The predicted molar refractivity (Wildman–Crippen MR) is 44.4 cm³/mol. The van der Waals surface area contributed by atoms with Gasteiger partial charge in [-0.25, -0.2) is 22.3 Å². The van der Waals surface area contributed by atoms with E-state index in [0.717, 1.165) is 0 Å². The number of sulfonamides is 1. The molecule has 0 bridgehead atoms. The third kappa shape index (κ3) is 2.83. The molecule has 1 aromatic rings. The Balaban J connectivity index is 3.40. The fraction of sp³-hybridized carbons (Fsp3) is 0.143. The third-order valence-electron chi connectivity index (χ3n) is 1.51. The van der Waals surface area contributed by atoms with Crippen molar-refractivity contribution in [2.24, 2.45) is 5.14 Å². The van der Waals surface area contributed by atoms with E-state index in [9.17, 15) is 26.0 Å². The zero-order valence-corrected chi connectivity index (χ0v) is 8.27. The van der Waals surface area contributed by atoms with Crippen molar-refractivity contribution in [3.05, 3.63) is 23.8 Å². The van der Waals surface area contributed by atoms with Crippen molar-refractivity contribution >= 4 is 10.0 Å². The molecule has 1 rings (SSSR count). The zero-order chi connectivity index (χ0) is 12.5. The molecule has 0 radical (unpaired) electrons. The molecule has 90 valence electrons. The summed E-state index contributed by atoms with van der Waals surface area (Å²) in [6, 6.07) is 0.351. The summed E-state index contributed by atoms with van der Waals surface area (Å²) in [5.74, 6) is -4.11. The monoisotopic (exact) mass is 259 g/mol. The van der Waals surface area contributed by atoms with Gasteiger partial charge in [0.2, 0.25) is 10.0 Å². The molecule has 0 aliphatic heterocycles. The number of benzene rings is 1. The highest BCUT2D eigenvalue weighted by Gasteiger charge is 2.21. The molecule has 1 aromatic carbocycles. The number of rotatable bonds is 3. The summed E-state index contributed by atoms with van der Waals surface area (Å²) in [5, 5.41) is 4.61. The van der Waals surface area contributed by atoms with Crippen LogP contribution in [0.25, 0.3) is 0 Å². The Morgan fingerprint density at radius 3 is 2.12 bits per heavy atom. The molecule has 0 saturated heterocycles. The molecule has 0 aromatic heterocycles. The SMILES string of the molecule is NS(=O)(=O)c1cc(F)c(F)cc1OC(F)F. The van der Waals surface area contributed by atoms with Crippen LogP contribution in [0.3, 0.4) is 0 Å². The molecule has 0 fully saturated rings. The quantitative estimate of drug-likeness (QED) is 0.829. The second-order valence-electron chi connectivity index (χ2n) is 2.64. The summed E-state index contributed by atoms with van der Waals surface area (Å²) in [4.78, 5) is -1.05. The van der Waals surface area contributed by atoms with E-state index in [-0.39, 0.29) is 12.1 Å². The molecule has 9 heteroatoms. The van der Waals surface area contributed by atoms with Crippen LogP contribution in [0.2, 0.25) is 0 Å². The van der Waals surface area contributed by atoms with Crippen molar-refractivity contribution < 1.29 is 30.7 Å². The maximum absolute atomic E-state index is 12.7. The van der Waals surface area contributed by atoms with Crippen LogP contribution in [-0.2, 0) is 10.0 Å². The molecule has 0 aliphatic rings. The Bertz CT molecular complexity index is 503. The van der Waals surface area contributed by atoms with E-state index in [1.165, 1.54) is 0 Å². The van der Waals surface area contributed by atoms with Gasteiger partial charge in [-0.15, -0.1) is 0 Å². The lowest BCUT2D eigenvalue weighted by atomic mass is 10.3. The Labute approximate surface area is 87.7 Å². The highest BCUT2D eigenvalue weighted by Crippen LogP contribution is 2.27. The van der Waals surface area contributed by atoms with Crippen LogP contribution in [0, 0.1) is 11.6 Å². The number of hydrogen-bond acceptors (Lipinski definition) is 3. The fourth-order valence-electron chi connectivity index (χ4n) is 0.921. The van der Waals surface area contributed by atoms with Gasteiger partial charge in [-0.1, -0.05) is 0 Å². The second-order valence-corrected chi connectivity index (χ2v) is 4.17. The molecular formula is C7H5F4NO3S. The normalized spacial score (nSPS) is 11.9. The average molecular weight is 259 g/mol. The Morgan fingerprint density at radius 2 is 1.69 bits per heavy atom. The molecule has 0 saturated carbocycles. The molecule has 0 heterocycles. The molecule has 2 N–H and O–H groups in total. The number of hydrogen-bond donors (Lipinski definition) is 1. The van der Waals surface area contributed by atoms with Gasteiger partial charge < -0.3 is 4.74 Å². The number of nitrogens with two attached hydrogens (primary N) is 1. The third-order valence-corrected chi connectivity index (χ3v) is 2.44. The van der Waals surface area contributed by atoms with Crippen LogP contribution in [0.5, 0.6) is 5.75 Å². The number of primary sulfonamides is 1. The minimum Gasteiger partial charge on any atom is -0.433 e. The lowest BCUT2D eigenvalue weighted by molar-refractivity contribution is -0.0520. The van der Waals surface area contributed by atoms with Crippen LogP contribution in [0.4, 0.5) is 17.6 Å². The van der Waals surface area contributed by atoms with Crippen LogP contribution >= 0.6 is 0 Å². The van der Waals surface area contributed by atoms with Crippen LogP contribution < -0.4 is 9.88 Å². The summed E-state index contributed by atoms with van der Waals surface area (Å²) in [5.41, 5.74) is 0. The van der Waals surface area contributed by atoms with Crippen molar-refractivity contribution in [3.8, 4) is 5.75 Å². The highest BCUT2D eigenvalue weighted by atomic mass is 32.2. The first-order valence-corrected chi connectivity index (χ1v) is 5.23. The first kappa shape index (κ1) is 12.7.